The van der Waals surface area contributed by atoms with Crippen LogP contribution in [0.1, 0.15) is 53.1 Å². The Balaban J connectivity index is 1.19. The topological polar surface area (TPSA) is 124 Å². The van der Waals surface area contributed by atoms with Crippen molar-refractivity contribution in [2.75, 3.05) is 28.0 Å². The molecule has 0 aliphatic carbocycles. The van der Waals surface area contributed by atoms with Crippen molar-refractivity contribution in [1.29, 1.82) is 0 Å². The Hall–Kier alpha value is -5.02. The van der Waals surface area contributed by atoms with E-state index in [1.165, 1.54) is 0 Å². The van der Waals surface area contributed by atoms with Gasteiger partial charge in [-0.05, 0) is 74.2 Å². The van der Waals surface area contributed by atoms with Gasteiger partial charge in [0.1, 0.15) is 17.0 Å². The number of hydrogen-bond donors (Lipinski definition) is 4. The number of nitrogens with one attached hydrogen (secondary N) is 3. The van der Waals surface area contributed by atoms with Gasteiger partial charge in [0.15, 0.2) is 0 Å². The number of aromatic nitrogens is 1. The lowest BCUT2D eigenvalue weighted by molar-refractivity contribution is 0.0635. The molecule has 1 atom stereocenters. The van der Waals surface area contributed by atoms with Gasteiger partial charge in [-0.1, -0.05) is 30.3 Å². The molecule has 44 heavy (non-hydrogen) atoms. The lowest BCUT2D eigenvalue weighted by atomic mass is 9.95. The number of nitrogens with zero attached hydrogens (tertiary/aromatic N) is 1. The zero-order chi connectivity index (χ0) is 31.2. The number of ether oxygens (including phenoxy) is 1. The van der Waals surface area contributed by atoms with Gasteiger partial charge in [-0.3, -0.25) is 14.9 Å². The number of hydrogen-bond acceptors (Lipinski definition) is 5. The third kappa shape index (κ3) is 5.66. The van der Waals surface area contributed by atoms with Crippen LogP contribution in [0.15, 0.2) is 78.9 Å². The fourth-order valence-electron chi connectivity index (χ4n) is 5.54. The molecule has 1 aliphatic heterocycles. The molecule has 1 aromatic heterocycles. The van der Waals surface area contributed by atoms with Gasteiger partial charge in [0, 0.05) is 57.6 Å². The summed E-state index contributed by atoms with van der Waals surface area (Å²) < 4.78 is 5.25. The van der Waals surface area contributed by atoms with Crippen molar-refractivity contribution in [2.24, 2.45) is 0 Å². The van der Waals surface area contributed by atoms with Crippen LogP contribution in [0, 0.1) is 0 Å². The summed E-state index contributed by atoms with van der Waals surface area (Å²) in [6.45, 7) is 5.73. The SMILES string of the molecule is CC(C)(C)OC(=O)Nc1ccc(C(=O)Nc2ccc3cc(C(=O)N4C[C@@H](CCl)c5c4cc(O)c4ccccc54)[nH]c3c2)cc1. The number of amides is 3. The van der Waals surface area contributed by atoms with Crippen LogP contribution in [-0.2, 0) is 4.74 Å². The molecule has 0 spiro atoms. The van der Waals surface area contributed by atoms with Crippen LogP contribution in [0.2, 0.25) is 0 Å². The van der Waals surface area contributed by atoms with Crippen LogP contribution < -0.4 is 15.5 Å². The van der Waals surface area contributed by atoms with Gasteiger partial charge in [-0.15, -0.1) is 11.6 Å². The molecule has 9 nitrogen and oxygen atoms in total. The highest BCUT2D eigenvalue weighted by Gasteiger charge is 2.35. The van der Waals surface area contributed by atoms with E-state index in [0.717, 1.165) is 21.7 Å². The highest BCUT2D eigenvalue weighted by atomic mass is 35.5. The standard InChI is InChI=1S/C34H31ClN4O5/c1-34(2,3)44-33(43)37-22-11-8-19(9-12-22)31(41)36-23-13-10-20-14-27(38-26(20)15-23)32(42)39-18-21(17-35)30-25-7-5-4-6-24(25)29(40)16-28(30)39/h4-16,21,38,40H,17-18H2,1-3H3,(H,36,41)(H,37,43)/t21-/m1/s1. The molecule has 5 aromatic rings. The molecule has 4 N–H and O–H groups in total. The minimum atomic E-state index is -0.621. The lowest BCUT2D eigenvalue weighted by Gasteiger charge is -2.19. The quantitative estimate of drug-likeness (QED) is 0.153. The molecule has 10 heteroatoms. The van der Waals surface area contributed by atoms with Crippen molar-refractivity contribution in [3.63, 3.8) is 0 Å². The average Bonchev–Trinajstić information content (AvgIpc) is 3.57. The van der Waals surface area contributed by atoms with E-state index in [9.17, 15) is 19.5 Å². The number of phenols is 1. The van der Waals surface area contributed by atoms with E-state index >= 15 is 0 Å². The first-order valence-corrected chi connectivity index (χ1v) is 14.7. The zero-order valence-electron chi connectivity index (χ0n) is 24.4. The van der Waals surface area contributed by atoms with E-state index < -0.39 is 11.7 Å². The summed E-state index contributed by atoms with van der Waals surface area (Å²) >= 11 is 6.34. The lowest BCUT2D eigenvalue weighted by Crippen LogP contribution is -2.30. The molecular formula is C34H31ClN4O5. The van der Waals surface area contributed by atoms with Crippen molar-refractivity contribution in [3.8, 4) is 5.75 Å². The third-order valence-corrected chi connectivity index (χ3v) is 7.85. The van der Waals surface area contributed by atoms with Crippen molar-refractivity contribution < 1.29 is 24.2 Å². The van der Waals surface area contributed by atoms with Gasteiger partial charge in [-0.2, -0.15) is 0 Å². The van der Waals surface area contributed by atoms with Crippen LogP contribution in [0.3, 0.4) is 0 Å². The minimum Gasteiger partial charge on any atom is -0.507 e. The van der Waals surface area contributed by atoms with E-state index in [1.807, 2.05) is 30.3 Å². The van der Waals surface area contributed by atoms with Crippen LogP contribution in [0.5, 0.6) is 5.75 Å². The molecular weight excluding hydrogens is 580 g/mol. The summed E-state index contributed by atoms with van der Waals surface area (Å²) in [6, 6.07) is 22.8. The molecule has 4 aromatic carbocycles. The van der Waals surface area contributed by atoms with Crippen LogP contribution in [0.25, 0.3) is 21.7 Å². The molecule has 2 heterocycles. The Labute approximate surface area is 258 Å². The second-order valence-electron chi connectivity index (χ2n) is 11.8. The smallest absolute Gasteiger partial charge is 0.412 e. The number of aromatic amines is 1. The van der Waals surface area contributed by atoms with Gasteiger partial charge < -0.3 is 25.0 Å². The van der Waals surface area contributed by atoms with Crippen LogP contribution >= 0.6 is 11.6 Å². The van der Waals surface area contributed by atoms with Crippen LogP contribution in [-0.4, -0.2) is 46.0 Å². The molecule has 0 saturated heterocycles. The van der Waals surface area contributed by atoms with Gasteiger partial charge in [0.05, 0.1) is 5.69 Å². The van der Waals surface area contributed by atoms with Gasteiger partial charge in [-0.25, -0.2) is 4.79 Å². The maximum Gasteiger partial charge on any atom is 0.412 e. The Morgan fingerprint density at radius 3 is 2.36 bits per heavy atom. The van der Waals surface area contributed by atoms with Crippen molar-refractivity contribution >= 4 is 68.2 Å². The summed E-state index contributed by atoms with van der Waals surface area (Å²) in [4.78, 5) is 43.5. The molecule has 6 rings (SSSR count). The normalized spacial score (nSPS) is 14.5. The number of benzene rings is 4. The average molecular weight is 611 g/mol. The van der Waals surface area contributed by atoms with Crippen molar-refractivity contribution in [3.05, 3.63) is 95.7 Å². The minimum absolute atomic E-state index is 0.0746. The fraction of sp³-hybridized carbons (Fsp3) is 0.206. The number of rotatable bonds is 5. The molecule has 0 bridgehead atoms. The molecule has 224 valence electrons. The Morgan fingerprint density at radius 2 is 1.66 bits per heavy atom. The second kappa shape index (κ2) is 11.2. The Morgan fingerprint density at radius 1 is 0.955 bits per heavy atom. The number of fused-ring (bicyclic) bond motifs is 4. The van der Waals surface area contributed by atoms with Gasteiger partial charge >= 0.3 is 6.09 Å². The van der Waals surface area contributed by atoms with E-state index in [-0.39, 0.29) is 23.5 Å². The third-order valence-electron chi connectivity index (χ3n) is 7.48. The zero-order valence-corrected chi connectivity index (χ0v) is 25.2. The van der Waals surface area contributed by atoms with Crippen LogP contribution in [0.4, 0.5) is 21.9 Å². The molecule has 0 saturated carbocycles. The maximum atomic E-state index is 13.8. The fourth-order valence-corrected chi connectivity index (χ4v) is 5.79. The summed E-state index contributed by atoms with van der Waals surface area (Å²) in [5.41, 5.74) is 3.49. The predicted molar refractivity (Wildman–Crippen MR) is 173 cm³/mol. The van der Waals surface area contributed by atoms with Gasteiger partial charge in [0.2, 0.25) is 0 Å². The highest BCUT2D eigenvalue weighted by Crippen LogP contribution is 2.45. The Kier molecular flexibility index (Phi) is 7.43. The molecule has 0 unspecified atom stereocenters. The number of phenolic OH excluding ortho intramolecular Hbond substituents is 1. The predicted octanol–water partition coefficient (Wildman–Crippen LogP) is 7.61. The number of carbonyl (C=O) groups excluding carboxylic acids is 3. The summed E-state index contributed by atoms with van der Waals surface area (Å²) in [7, 11) is 0. The first-order chi connectivity index (χ1) is 21.0. The van der Waals surface area contributed by atoms with E-state index in [0.29, 0.717) is 46.3 Å². The Bertz CT molecular complexity index is 1930. The molecule has 0 fully saturated rings. The first-order valence-electron chi connectivity index (χ1n) is 14.2. The maximum absolute atomic E-state index is 13.8. The number of H-pyrrole nitrogens is 1. The van der Waals surface area contributed by atoms with E-state index in [1.54, 1.807) is 74.2 Å². The largest absolute Gasteiger partial charge is 0.507 e. The number of anilines is 3. The molecule has 1 aliphatic rings. The van der Waals surface area contributed by atoms with E-state index in [2.05, 4.69) is 15.6 Å². The molecule has 3 amide bonds. The summed E-state index contributed by atoms with van der Waals surface area (Å²) in [5, 5.41) is 18.6. The number of aromatic hydroxyl groups is 1. The van der Waals surface area contributed by atoms with Gasteiger partial charge in [0.25, 0.3) is 11.8 Å². The molecule has 0 radical (unpaired) electrons. The van der Waals surface area contributed by atoms with E-state index in [4.69, 9.17) is 16.3 Å². The first kappa shape index (κ1) is 29.1. The van der Waals surface area contributed by atoms with Crippen molar-refractivity contribution in [1.82, 2.24) is 4.98 Å². The number of alkyl halides is 1. The summed E-state index contributed by atoms with van der Waals surface area (Å²) in [6.07, 6.45) is -0.578. The number of halogens is 1. The highest BCUT2D eigenvalue weighted by molar-refractivity contribution is 6.19. The monoisotopic (exact) mass is 610 g/mol. The summed E-state index contributed by atoms with van der Waals surface area (Å²) in [5.74, 6) is -0.198. The second-order valence-corrected chi connectivity index (χ2v) is 12.1. The number of carbonyl (C=O) groups is 3. The van der Waals surface area contributed by atoms with Crippen molar-refractivity contribution in [2.45, 2.75) is 32.3 Å².